The standard InChI is InChI=1S/C24H26N6O/c25-15-19-8-9-22(27-17-19)29-13-10-24(11-14-29,20-5-2-1-3-6-20)28-18-23(31)30-12-4-7-21(30)16-26/h1-3,5-6,8-9,17,21,28H,4,7,10-14,18H2. The van der Waals surface area contributed by atoms with E-state index in [1.807, 2.05) is 24.3 Å². The average Bonchev–Trinajstić information content (AvgIpc) is 3.33. The van der Waals surface area contributed by atoms with Gasteiger partial charge in [-0.3, -0.25) is 10.1 Å². The Bertz CT molecular complexity index is 983. The second-order valence-corrected chi connectivity index (χ2v) is 8.18. The number of nitrogens with one attached hydrogen (secondary N) is 1. The van der Waals surface area contributed by atoms with E-state index < -0.39 is 0 Å². The third-order valence-corrected chi connectivity index (χ3v) is 6.44. The Morgan fingerprint density at radius 2 is 1.90 bits per heavy atom. The van der Waals surface area contributed by atoms with E-state index in [0.29, 0.717) is 12.1 Å². The predicted octanol–water partition coefficient (Wildman–Crippen LogP) is 2.55. The Morgan fingerprint density at radius 3 is 2.55 bits per heavy atom. The number of nitriles is 2. The number of nitrogens with zero attached hydrogens (tertiary/aromatic N) is 5. The second kappa shape index (κ2) is 9.16. The fourth-order valence-corrected chi connectivity index (χ4v) is 4.63. The Kier molecular flexibility index (Phi) is 6.16. The van der Waals surface area contributed by atoms with Gasteiger partial charge in [0.1, 0.15) is 17.9 Å². The van der Waals surface area contributed by atoms with Crippen molar-refractivity contribution in [1.82, 2.24) is 15.2 Å². The number of carbonyl (C=O) groups is 1. The van der Waals surface area contributed by atoms with E-state index >= 15 is 0 Å². The van der Waals surface area contributed by atoms with E-state index in [4.69, 9.17) is 5.26 Å². The Labute approximate surface area is 182 Å². The van der Waals surface area contributed by atoms with Crippen molar-refractivity contribution >= 4 is 11.7 Å². The molecule has 0 spiro atoms. The minimum atomic E-state index is -0.304. The van der Waals surface area contributed by atoms with Gasteiger partial charge in [-0.25, -0.2) is 4.98 Å². The monoisotopic (exact) mass is 414 g/mol. The fraction of sp³-hybridized carbons (Fsp3) is 0.417. The van der Waals surface area contributed by atoms with E-state index in [0.717, 1.165) is 44.6 Å². The summed E-state index contributed by atoms with van der Waals surface area (Å²) in [5.74, 6) is 0.862. The molecule has 2 aliphatic heterocycles. The molecule has 7 nitrogen and oxygen atoms in total. The van der Waals surface area contributed by atoms with Gasteiger partial charge in [-0.05, 0) is 43.4 Å². The molecule has 0 radical (unpaired) electrons. The molecule has 0 aliphatic carbocycles. The van der Waals surface area contributed by atoms with Gasteiger partial charge in [0, 0.05) is 31.4 Å². The van der Waals surface area contributed by atoms with Crippen LogP contribution in [0.2, 0.25) is 0 Å². The molecule has 1 aromatic carbocycles. The number of hydrogen-bond donors (Lipinski definition) is 1. The summed E-state index contributed by atoms with van der Waals surface area (Å²) in [7, 11) is 0. The molecule has 2 fully saturated rings. The highest BCUT2D eigenvalue weighted by Gasteiger charge is 2.37. The summed E-state index contributed by atoms with van der Waals surface area (Å²) in [5.41, 5.74) is 1.42. The van der Waals surface area contributed by atoms with Gasteiger partial charge in [0.2, 0.25) is 5.91 Å². The van der Waals surface area contributed by atoms with E-state index in [2.05, 4.69) is 39.5 Å². The Morgan fingerprint density at radius 1 is 1.13 bits per heavy atom. The summed E-state index contributed by atoms with van der Waals surface area (Å²) < 4.78 is 0. The minimum absolute atomic E-state index is 0.00413. The number of carbonyl (C=O) groups excluding carboxylic acids is 1. The Hall–Kier alpha value is -3.42. The van der Waals surface area contributed by atoms with Gasteiger partial charge in [0.15, 0.2) is 0 Å². The summed E-state index contributed by atoms with van der Waals surface area (Å²) in [6.45, 7) is 2.47. The van der Waals surface area contributed by atoms with Crippen LogP contribution >= 0.6 is 0 Å². The van der Waals surface area contributed by atoms with Gasteiger partial charge in [-0.1, -0.05) is 30.3 Å². The van der Waals surface area contributed by atoms with Crippen molar-refractivity contribution in [3.63, 3.8) is 0 Å². The molecule has 4 rings (SSSR count). The number of aromatic nitrogens is 1. The van der Waals surface area contributed by atoms with Gasteiger partial charge in [0.25, 0.3) is 0 Å². The maximum Gasteiger partial charge on any atom is 0.237 e. The van der Waals surface area contributed by atoms with Crippen LogP contribution in [-0.4, -0.2) is 48.0 Å². The molecular weight excluding hydrogens is 388 g/mol. The molecule has 2 saturated heterocycles. The lowest BCUT2D eigenvalue weighted by Crippen LogP contribution is -2.54. The van der Waals surface area contributed by atoms with E-state index in [9.17, 15) is 10.1 Å². The van der Waals surface area contributed by atoms with Gasteiger partial charge >= 0.3 is 0 Å². The molecular formula is C24H26N6O. The topological polar surface area (TPSA) is 96.0 Å². The van der Waals surface area contributed by atoms with Crippen molar-refractivity contribution in [3.05, 3.63) is 59.8 Å². The second-order valence-electron chi connectivity index (χ2n) is 8.18. The molecule has 0 saturated carbocycles. The van der Waals surface area contributed by atoms with Crippen LogP contribution in [0.3, 0.4) is 0 Å². The molecule has 2 aliphatic rings. The first kappa shape index (κ1) is 20.8. The van der Waals surface area contributed by atoms with Crippen molar-refractivity contribution < 1.29 is 4.79 Å². The average molecular weight is 415 g/mol. The largest absolute Gasteiger partial charge is 0.356 e. The van der Waals surface area contributed by atoms with Crippen LogP contribution in [0.15, 0.2) is 48.7 Å². The molecule has 1 N–H and O–H groups in total. The Balaban J connectivity index is 1.47. The van der Waals surface area contributed by atoms with Crippen LogP contribution < -0.4 is 10.2 Å². The molecule has 2 aromatic rings. The maximum atomic E-state index is 12.8. The van der Waals surface area contributed by atoms with Crippen LogP contribution in [0.1, 0.15) is 36.8 Å². The molecule has 158 valence electrons. The number of pyridine rings is 1. The predicted molar refractivity (Wildman–Crippen MR) is 117 cm³/mol. The summed E-state index contributed by atoms with van der Waals surface area (Å²) in [4.78, 5) is 21.2. The summed E-state index contributed by atoms with van der Waals surface area (Å²) in [6.07, 6.45) is 4.91. The number of hydrogen-bond acceptors (Lipinski definition) is 6. The van der Waals surface area contributed by atoms with Crippen LogP contribution in [0, 0.1) is 22.7 Å². The first-order chi connectivity index (χ1) is 15.1. The highest BCUT2D eigenvalue weighted by atomic mass is 16.2. The smallest absolute Gasteiger partial charge is 0.237 e. The van der Waals surface area contributed by atoms with Gasteiger partial charge in [-0.2, -0.15) is 10.5 Å². The summed E-state index contributed by atoms with van der Waals surface area (Å²) in [6, 6.07) is 18.0. The highest BCUT2D eigenvalue weighted by Crippen LogP contribution is 2.34. The zero-order valence-electron chi connectivity index (χ0n) is 17.5. The zero-order chi connectivity index (χ0) is 21.7. The van der Waals surface area contributed by atoms with Crippen LogP contribution in [0.5, 0.6) is 0 Å². The van der Waals surface area contributed by atoms with Crippen LogP contribution in [-0.2, 0) is 10.3 Å². The first-order valence-electron chi connectivity index (χ1n) is 10.8. The normalized spacial score (nSPS) is 20.1. The first-order valence-corrected chi connectivity index (χ1v) is 10.8. The van der Waals surface area contributed by atoms with E-state index in [1.54, 1.807) is 17.2 Å². The molecule has 7 heteroatoms. The van der Waals surface area contributed by atoms with Gasteiger partial charge in [0.05, 0.1) is 18.2 Å². The number of piperidine rings is 1. The summed E-state index contributed by atoms with van der Waals surface area (Å²) in [5, 5.41) is 21.9. The summed E-state index contributed by atoms with van der Waals surface area (Å²) >= 11 is 0. The number of benzene rings is 1. The van der Waals surface area contributed by atoms with Crippen molar-refractivity contribution in [2.24, 2.45) is 0 Å². The number of likely N-dealkylation sites (tertiary alicyclic amines) is 1. The molecule has 1 amide bonds. The lowest BCUT2D eigenvalue weighted by Gasteiger charge is -2.43. The van der Waals surface area contributed by atoms with Gasteiger partial charge in [-0.15, -0.1) is 0 Å². The fourth-order valence-electron chi connectivity index (χ4n) is 4.63. The molecule has 1 atom stereocenters. The molecule has 31 heavy (non-hydrogen) atoms. The van der Waals surface area contributed by atoms with Crippen molar-refractivity contribution in [3.8, 4) is 12.1 Å². The minimum Gasteiger partial charge on any atom is -0.356 e. The SMILES string of the molecule is N#Cc1ccc(N2CCC(NCC(=O)N3CCCC3C#N)(c3ccccc3)CC2)nc1. The lowest BCUT2D eigenvalue weighted by molar-refractivity contribution is -0.130. The molecule has 1 aromatic heterocycles. The number of amides is 1. The number of rotatable bonds is 5. The van der Waals surface area contributed by atoms with Crippen LogP contribution in [0.4, 0.5) is 5.82 Å². The van der Waals surface area contributed by atoms with Crippen LogP contribution in [0.25, 0.3) is 0 Å². The molecule has 3 heterocycles. The van der Waals surface area contributed by atoms with Crippen molar-refractivity contribution in [2.75, 3.05) is 31.1 Å². The molecule has 1 unspecified atom stereocenters. The van der Waals surface area contributed by atoms with Gasteiger partial charge < -0.3 is 9.80 Å². The number of anilines is 1. The third-order valence-electron chi connectivity index (χ3n) is 6.44. The third kappa shape index (κ3) is 4.38. The highest BCUT2D eigenvalue weighted by molar-refractivity contribution is 5.79. The van der Waals surface area contributed by atoms with Crippen molar-refractivity contribution in [2.45, 2.75) is 37.3 Å². The quantitative estimate of drug-likeness (QED) is 0.808. The van der Waals surface area contributed by atoms with E-state index in [1.165, 1.54) is 5.56 Å². The van der Waals surface area contributed by atoms with Crippen molar-refractivity contribution in [1.29, 1.82) is 10.5 Å². The zero-order valence-corrected chi connectivity index (χ0v) is 17.5. The lowest BCUT2D eigenvalue weighted by atomic mass is 9.80. The molecule has 0 bridgehead atoms. The van der Waals surface area contributed by atoms with E-state index in [-0.39, 0.29) is 24.0 Å². The maximum absolute atomic E-state index is 12.8.